The summed E-state index contributed by atoms with van der Waals surface area (Å²) >= 11 is 1.14. The molecule has 0 aliphatic carbocycles. The van der Waals surface area contributed by atoms with Crippen LogP contribution in [0.5, 0.6) is 0 Å². The topological polar surface area (TPSA) is 69.7 Å². The zero-order chi connectivity index (χ0) is 18.6. The van der Waals surface area contributed by atoms with Gasteiger partial charge in [-0.1, -0.05) is 18.2 Å². The second-order valence-electron chi connectivity index (χ2n) is 6.42. The second kappa shape index (κ2) is 8.30. The highest BCUT2D eigenvalue weighted by atomic mass is 32.2. The van der Waals surface area contributed by atoms with Crippen molar-refractivity contribution in [1.82, 2.24) is 9.21 Å². The molecule has 2 heterocycles. The van der Waals surface area contributed by atoms with E-state index in [0.29, 0.717) is 5.69 Å². The van der Waals surface area contributed by atoms with Crippen LogP contribution in [0.15, 0.2) is 46.0 Å². The average Bonchev–Trinajstić information content (AvgIpc) is 3.30. The number of thiophene rings is 1. The molecule has 0 spiro atoms. The minimum atomic E-state index is -3.62. The number of hydrogen-bond acceptors (Lipinski definition) is 5. The molecule has 1 aliphatic rings. The second-order valence-corrected chi connectivity index (χ2v) is 9.64. The van der Waals surface area contributed by atoms with Gasteiger partial charge in [-0.15, -0.1) is 11.3 Å². The molecule has 0 radical (unpaired) electrons. The normalized spacial score (nSPS) is 15.5. The zero-order valence-corrected chi connectivity index (χ0v) is 16.4. The zero-order valence-electron chi connectivity index (χ0n) is 14.7. The molecule has 0 atom stereocenters. The van der Waals surface area contributed by atoms with Gasteiger partial charge in [0.15, 0.2) is 0 Å². The van der Waals surface area contributed by atoms with Crippen molar-refractivity contribution in [2.75, 3.05) is 32.0 Å². The van der Waals surface area contributed by atoms with Gasteiger partial charge in [0.25, 0.3) is 10.0 Å². The highest BCUT2D eigenvalue weighted by Gasteiger charge is 2.23. The van der Waals surface area contributed by atoms with Crippen LogP contribution in [-0.2, 0) is 21.4 Å². The van der Waals surface area contributed by atoms with Gasteiger partial charge in [-0.2, -0.15) is 4.31 Å². The van der Waals surface area contributed by atoms with E-state index in [-0.39, 0.29) is 16.7 Å². The Morgan fingerprint density at radius 1 is 1.19 bits per heavy atom. The van der Waals surface area contributed by atoms with Crippen molar-refractivity contribution in [2.24, 2.45) is 0 Å². The van der Waals surface area contributed by atoms with Crippen molar-refractivity contribution in [1.29, 1.82) is 0 Å². The summed E-state index contributed by atoms with van der Waals surface area (Å²) in [5.74, 6) is -0.361. The Hall–Kier alpha value is -1.74. The Kier molecular flexibility index (Phi) is 6.08. The number of rotatable bonds is 7. The van der Waals surface area contributed by atoms with E-state index in [1.54, 1.807) is 11.4 Å². The molecule has 0 unspecified atom stereocenters. The lowest BCUT2D eigenvalue weighted by Gasteiger charge is -2.16. The number of likely N-dealkylation sites (N-methyl/N-ethyl adjacent to an activating group) is 1. The van der Waals surface area contributed by atoms with Crippen LogP contribution in [0.4, 0.5) is 5.69 Å². The number of hydrogen-bond donors (Lipinski definition) is 1. The van der Waals surface area contributed by atoms with E-state index in [1.807, 2.05) is 24.3 Å². The highest BCUT2D eigenvalue weighted by molar-refractivity contribution is 7.91. The minimum Gasteiger partial charge on any atom is -0.325 e. The quantitative estimate of drug-likeness (QED) is 0.785. The van der Waals surface area contributed by atoms with Gasteiger partial charge in [-0.05, 0) is 55.1 Å². The maximum absolute atomic E-state index is 12.3. The molecule has 1 saturated heterocycles. The molecule has 0 bridgehead atoms. The Bertz CT molecular complexity index is 827. The third-order valence-electron chi connectivity index (χ3n) is 4.37. The number of likely N-dealkylation sites (tertiary alicyclic amines) is 1. The van der Waals surface area contributed by atoms with Crippen LogP contribution in [-0.4, -0.2) is 50.2 Å². The lowest BCUT2D eigenvalue weighted by Crippen LogP contribution is -2.34. The number of nitrogens with zero attached hydrogens (tertiary/aromatic N) is 2. The number of anilines is 1. The summed E-state index contributed by atoms with van der Waals surface area (Å²) in [6.07, 6.45) is 2.52. The number of benzene rings is 1. The highest BCUT2D eigenvalue weighted by Crippen LogP contribution is 2.20. The Balaban J connectivity index is 1.54. The molecular weight excluding hydrogens is 370 g/mol. The minimum absolute atomic E-state index is 0.226. The van der Waals surface area contributed by atoms with Gasteiger partial charge in [0.1, 0.15) is 4.21 Å². The summed E-state index contributed by atoms with van der Waals surface area (Å²) in [5, 5.41) is 4.45. The van der Waals surface area contributed by atoms with Crippen molar-refractivity contribution in [2.45, 2.75) is 23.6 Å². The molecule has 8 heteroatoms. The van der Waals surface area contributed by atoms with Crippen LogP contribution in [0.1, 0.15) is 18.4 Å². The third-order valence-corrected chi connectivity index (χ3v) is 7.54. The van der Waals surface area contributed by atoms with Crippen molar-refractivity contribution >= 4 is 33.0 Å². The van der Waals surface area contributed by atoms with Crippen LogP contribution in [0.2, 0.25) is 0 Å². The Morgan fingerprint density at radius 3 is 2.50 bits per heavy atom. The van der Waals surface area contributed by atoms with Crippen molar-refractivity contribution in [3.8, 4) is 0 Å². The van der Waals surface area contributed by atoms with E-state index in [0.717, 1.165) is 35.3 Å². The molecule has 2 aromatic rings. The predicted octanol–water partition coefficient (Wildman–Crippen LogP) is 2.60. The summed E-state index contributed by atoms with van der Waals surface area (Å²) < 4.78 is 26.0. The van der Waals surface area contributed by atoms with E-state index in [9.17, 15) is 13.2 Å². The smallest absolute Gasteiger partial charge is 0.252 e. The lowest BCUT2D eigenvalue weighted by atomic mass is 10.2. The molecule has 6 nitrogen and oxygen atoms in total. The first-order chi connectivity index (χ1) is 12.4. The van der Waals surface area contributed by atoms with Crippen LogP contribution < -0.4 is 5.32 Å². The summed E-state index contributed by atoms with van der Waals surface area (Å²) in [6, 6.07) is 10.9. The fourth-order valence-electron chi connectivity index (χ4n) is 2.94. The number of carbonyl (C=O) groups excluding carboxylic acids is 1. The number of sulfonamides is 1. The summed E-state index contributed by atoms with van der Waals surface area (Å²) in [7, 11) is -2.21. The van der Waals surface area contributed by atoms with E-state index >= 15 is 0 Å². The maximum Gasteiger partial charge on any atom is 0.252 e. The molecule has 26 heavy (non-hydrogen) atoms. The maximum atomic E-state index is 12.3. The Labute approximate surface area is 158 Å². The van der Waals surface area contributed by atoms with Crippen LogP contribution >= 0.6 is 11.3 Å². The summed E-state index contributed by atoms with van der Waals surface area (Å²) in [6.45, 7) is 2.98. The third kappa shape index (κ3) is 4.70. The van der Waals surface area contributed by atoms with Crippen LogP contribution in [0, 0.1) is 0 Å². The molecule has 1 N–H and O–H groups in total. The molecule has 1 aromatic carbocycles. The standard InChI is InChI=1S/C18H23N3O3S2/c1-20(26(23,24)18-5-4-12-25-18)14-17(22)19-16-8-6-15(7-9-16)13-21-10-2-3-11-21/h4-9,12H,2-3,10-11,13-14H2,1H3,(H,19,22). The molecule has 3 rings (SSSR count). The summed E-state index contributed by atoms with van der Waals surface area (Å²) in [5.41, 5.74) is 1.88. The van der Waals surface area contributed by atoms with Gasteiger partial charge < -0.3 is 5.32 Å². The number of carbonyl (C=O) groups is 1. The molecular formula is C18H23N3O3S2. The van der Waals surface area contributed by atoms with E-state index < -0.39 is 10.0 Å². The van der Waals surface area contributed by atoms with Crippen LogP contribution in [0.25, 0.3) is 0 Å². The molecule has 0 saturated carbocycles. The van der Waals surface area contributed by atoms with Gasteiger partial charge in [0.2, 0.25) is 5.91 Å². The van der Waals surface area contributed by atoms with Gasteiger partial charge in [-0.3, -0.25) is 9.69 Å². The lowest BCUT2D eigenvalue weighted by molar-refractivity contribution is -0.116. The van der Waals surface area contributed by atoms with Crippen molar-refractivity contribution < 1.29 is 13.2 Å². The number of amides is 1. The van der Waals surface area contributed by atoms with E-state index in [1.165, 1.54) is 31.5 Å². The summed E-state index contributed by atoms with van der Waals surface area (Å²) in [4.78, 5) is 14.6. The molecule has 140 valence electrons. The average molecular weight is 394 g/mol. The SMILES string of the molecule is CN(CC(=O)Nc1ccc(CN2CCCC2)cc1)S(=O)(=O)c1cccs1. The van der Waals surface area contributed by atoms with Gasteiger partial charge in [-0.25, -0.2) is 8.42 Å². The Morgan fingerprint density at radius 2 is 1.88 bits per heavy atom. The van der Waals surface area contributed by atoms with Gasteiger partial charge in [0.05, 0.1) is 6.54 Å². The molecule has 1 aromatic heterocycles. The molecule has 1 fully saturated rings. The first-order valence-corrected chi connectivity index (χ1v) is 10.9. The fourth-order valence-corrected chi connectivity index (χ4v) is 5.27. The predicted molar refractivity (Wildman–Crippen MR) is 104 cm³/mol. The van der Waals surface area contributed by atoms with Gasteiger partial charge in [0, 0.05) is 19.3 Å². The molecule has 1 amide bonds. The van der Waals surface area contributed by atoms with Gasteiger partial charge >= 0.3 is 0 Å². The fraction of sp³-hybridized carbons (Fsp3) is 0.389. The van der Waals surface area contributed by atoms with Crippen molar-refractivity contribution in [3.05, 3.63) is 47.3 Å². The van der Waals surface area contributed by atoms with E-state index in [4.69, 9.17) is 0 Å². The van der Waals surface area contributed by atoms with Crippen LogP contribution in [0.3, 0.4) is 0 Å². The van der Waals surface area contributed by atoms with Crippen molar-refractivity contribution in [3.63, 3.8) is 0 Å². The monoisotopic (exact) mass is 393 g/mol. The number of nitrogens with one attached hydrogen (secondary N) is 1. The van der Waals surface area contributed by atoms with E-state index in [2.05, 4.69) is 10.2 Å². The largest absolute Gasteiger partial charge is 0.325 e. The first-order valence-electron chi connectivity index (χ1n) is 8.56. The first kappa shape index (κ1) is 19.0. The molecule has 1 aliphatic heterocycles.